The van der Waals surface area contributed by atoms with Crippen LogP contribution >= 0.6 is 11.6 Å². The summed E-state index contributed by atoms with van der Waals surface area (Å²) >= 11 is 6.31. The predicted octanol–water partition coefficient (Wildman–Crippen LogP) is 4.11. The number of halogens is 1. The van der Waals surface area contributed by atoms with Crippen molar-refractivity contribution >= 4 is 11.6 Å². The lowest BCUT2D eigenvalue weighted by Gasteiger charge is -2.35. The lowest BCUT2D eigenvalue weighted by molar-refractivity contribution is 0.192. The maximum absolute atomic E-state index is 6.31. The fourth-order valence-corrected chi connectivity index (χ4v) is 3.46. The van der Waals surface area contributed by atoms with Gasteiger partial charge in [-0.15, -0.1) is 0 Å². The summed E-state index contributed by atoms with van der Waals surface area (Å²) < 4.78 is 0. The zero-order chi connectivity index (χ0) is 14.5. The number of hydrogen-bond acceptors (Lipinski definition) is 2. The minimum atomic E-state index is 0.354. The Morgan fingerprint density at radius 2 is 2.15 bits per heavy atom. The molecule has 1 fully saturated rings. The second-order valence-corrected chi connectivity index (χ2v) is 6.49. The molecule has 20 heavy (non-hydrogen) atoms. The van der Waals surface area contributed by atoms with Crippen LogP contribution in [0.5, 0.6) is 0 Å². The summed E-state index contributed by atoms with van der Waals surface area (Å²) in [6.45, 7) is 6.80. The molecule has 3 heteroatoms. The van der Waals surface area contributed by atoms with Crippen molar-refractivity contribution in [2.24, 2.45) is 5.92 Å². The Bertz CT molecular complexity index is 421. The van der Waals surface area contributed by atoms with Gasteiger partial charge in [-0.1, -0.05) is 43.1 Å². The number of rotatable bonds is 5. The van der Waals surface area contributed by atoms with Crippen molar-refractivity contribution in [2.75, 3.05) is 20.1 Å². The first kappa shape index (κ1) is 15.8. The average Bonchev–Trinajstić information content (AvgIpc) is 2.47. The molecule has 3 atom stereocenters. The molecule has 2 nitrogen and oxygen atoms in total. The summed E-state index contributed by atoms with van der Waals surface area (Å²) in [6.07, 6.45) is 3.94. The SMILES string of the molecule is CCC1CCNC(CN(C)C(C)c2ccccc2Cl)C1. The quantitative estimate of drug-likeness (QED) is 0.879. The number of likely N-dealkylation sites (N-methyl/N-ethyl adjacent to an activating group) is 1. The first-order valence-corrected chi connectivity index (χ1v) is 8.17. The van der Waals surface area contributed by atoms with Crippen LogP contribution in [0, 0.1) is 5.92 Å². The van der Waals surface area contributed by atoms with Gasteiger partial charge in [0.25, 0.3) is 0 Å². The van der Waals surface area contributed by atoms with Crippen LogP contribution in [-0.4, -0.2) is 31.1 Å². The summed E-state index contributed by atoms with van der Waals surface area (Å²) in [7, 11) is 2.20. The third-order valence-electron chi connectivity index (χ3n) is 4.71. The third-order valence-corrected chi connectivity index (χ3v) is 5.05. The van der Waals surface area contributed by atoms with Crippen LogP contribution in [-0.2, 0) is 0 Å². The van der Waals surface area contributed by atoms with Gasteiger partial charge in [0.05, 0.1) is 0 Å². The molecule has 0 saturated carbocycles. The molecule has 1 saturated heterocycles. The van der Waals surface area contributed by atoms with E-state index in [1.54, 1.807) is 0 Å². The van der Waals surface area contributed by atoms with Crippen molar-refractivity contribution in [3.8, 4) is 0 Å². The van der Waals surface area contributed by atoms with E-state index in [1.807, 2.05) is 12.1 Å². The summed E-state index contributed by atoms with van der Waals surface area (Å²) in [6, 6.07) is 9.14. The molecule has 0 spiro atoms. The molecule has 0 bridgehead atoms. The summed E-state index contributed by atoms with van der Waals surface area (Å²) in [5.74, 6) is 0.894. The molecule has 3 unspecified atom stereocenters. The van der Waals surface area contributed by atoms with Crippen LogP contribution in [0.3, 0.4) is 0 Å². The molecule has 1 N–H and O–H groups in total. The highest BCUT2D eigenvalue weighted by Gasteiger charge is 2.23. The maximum Gasteiger partial charge on any atom is 0.0453 e. The van der Waals surface area contributed by atoms with E-state index in [0.717, 1.165) is 24.0 Å². The molecule has 0 aliphatic carbocycles. The smallest absolute Gasteiger partial charge is 0.0453 e. The van der Waals surface area contributed by atoms with Crippen LogP contribution in [0.25, 0.3) is 0 Å². The standard InChI is InChI=1S/C17H27ClN2/c1-4-14-9-10-19-15(11-14)12-20(3)13(2)16-7-5-6-8-17(16)18/h5-8,13-15,19H,4,9-12H2,1-3H3. The van der Waals surface area contributed by atoms with E-state index in [2.05, 4.69) is 43.2 Å². The topological polar surface area (TPSA) is 15.3 Å². The number of piperidine rings is 1. The van der Waals surface area contributed by atoms with Gasteiger partial charge in [0.2, 0.25) is 0 Å². The Hall–Kier alpha value is -0.570. The number of nitrogens with one attached hydrogen (secondary N) is 1. The Morgan fingerprint density at radius 1 is 1.40 bits per heavy atom. The van der Waals surface area contributed by atoms with Crippen molar-refractivity contribution in [1.29, 1.82) is 0 Å². The van der Waals surface area contributed by atoms with Crippen molar-refractivity contribution in [3.05, 3.63) is 34.9 Å². The highest BCUT2D eigenvalue weighted by molar-refractivity contribution is 6.31. The molecule has 112 valence electrons. The molecular formula is C17H27ClN2. The number of hydrogen-bond donors (Lipinski definition) is 1. The zero-order valence-electron chi connectivity index (χ0n) is 12.9. The van der Waals surface area contributed by atoms with E-state index in [4.69, 9.17) is 11.6 Å². The van der Waals surface area contributed by atoms with E-state index >= 15 is 0 Å². The van der Waals surface area contributed by atoms with Gasteiger partial charge >= 0.3 is 0 Å². The molecule has 0 radical (unpaired) electrons. The molecule has 2 rings (SSSR count). The number of nitrogens with zero attached hydrogens (tertiary/aromatic N) is 1. The first-order valence-electron chi connectivity index (χ1n) is 7.79. The molecule has 1 aromatic carbocycles. The summed E-state index contributed by atoms with van der Waals surface area (Å²) in [5, 5.41) is 4.53. The van der Waals surface area contributed by atoms with Crippen LogP contribution in [0.4, 0.5) is 0 Å². The summed E-state index contributed by atoms with van der Waals surface area (Å²) in [5.41, 5.74) is 1.22. The first-order chi connectivity index (χ1) is 9.61. The average molecular weight is 295 g/mol. The predicted molar refractivity (Wildman–Crippen MR) is 87.3 cm³/mol. The van der Waals surface area contributed by atoms with E-state index < -0.39 is 0 Å². The summed E-state index contributed by atoms with van der Waals surface area (Å²) in [4.78, 5) is 2.41. The van der Waals surface area contributed by atoms with Gasteiger partial charge in [0, 0.05) is 23.7 Å². The van der Waals surface area contributed by atoms with Gasteiger partial charge in [0.1, 0.15) is 0 Å². The normalized spacial score (nSPS) is 24.9. The van der Waals surface area contributed by atoms with E-state index in [-0.39, 0.29) is 0 Å². The molecule has 1 aromatic rings. The second-order valence-electron chi connectivity index (χ2n) is 6.09. The largest absolute Gasteiger partial charge is 0.313 e. The highest BCUT2D eigenvalue weighted by Crippen LogP contribution is 2.27. The van der Waals surface area contributed by atoms with Gasteiger partial charge < -0.3 is 5.32 Å². The molecular weight excluding hydrogens is 268 g/mol. The highest BCUT2D eigenvalue weighted by atomic mass is 35.5. The van der Waals surface area contributed by atoms with Crippen molar-refractivity contribution in [2.45, 2.75) is 45.2 Å². The Balaban J connectivity index is 1.94. The molecule has 0 amide bonds. The van der Waals surface area contributed by atoms with Crippen molar-refractivity contribution in [3.63, 3.8) is 0 Å². The van der Waals surface area contributed by atoms with Gasteiger partial charge in [-0.25, -0.2) is 0 Å². The Labute approximate surface area is 128 Å². The zero-order valence-corrected chi connectivity index (χ0v) is 13.7. The molecule has 1 aliphatic rings. The molecule has 0 aromatic heterocycles. The van der Waals surface area contributed by atoms with Crippen LogP contribution in [0.2, 0.25) is 5.02 Å². The van der Waals surface area contributed by atoms with Gasteiger partial charge in [-0.3, -0.25) is 4.90 Å². The van der Waals surface area contributed by atoms with Crippen LogP contribution < -0.4 is 5.32 Å². The van der Waals surface area contributed by atoms with E-state index in [9.17, 15) is 0 Å². The Kier molecular flexibility index (Phi) is 5.88. The van der Waals surface area contributed by atoms with Gasteiger partial charge in [0.15, 0.2) is 0 Å². The van der Waals surface area contributed by atoms with Crippen molar-refractivity contribution in [1.82, 2.24) is 10.2 Å². The Morgan fingerprint density at radius 3 is 2.85 bits per heavy atom. The number of benzene rings is 1. The fourth-order valence-electron chi connectivity index (χ4n) is 3.16. The van der Waals surface area contributed by atoms with Gasteiger partial charge in [-0.05, 0) is 50.9 Å². The monoisotopic (exact) mass is 294 g/mol. The van der Waals surface area contributed by atoms with Crippen molar-refractivity contribution < 1.29 is 0 Å². The maximum atomic E-state index is 6.31. The van der Waals surface area contributed by atoms with Crippen LogP contribution in [0.1, 0.15) is 44.7 Å². The minimum absolute atomic E-state index is 0.354. The molecule has 1 aliphatic heterocycles. The van der Waals surface area contributed by atoms with Crippen LogP contribution in [0.15, 0.2) is 24.3 Å². The third kappa shape index (κ3) is 3.97. The fraction of sp³-hybridized carbons (Fsp3) is 0.647. The van der Waals surface area contributed by atoms with Gasteiger partial charge in [-0.2, -0.15) is 0 Å². The lowest BCUT2D eigenvalue weighted by Crippen LogP contribution is -2.45. The molecule has 1 heterocycles. The minimum Gasteiger partial charge on any atom is -0.313 e. The second kappa shape index (κ2) is 7.44. The van der Waals surface area contributed by atoms with E-state index in [0.29, 0.717) is 12.1 Å². The van der Waals surface area contributed by atoms with E-state index in [1.165, 1.54) is 24.8 Å². The lowest BCUT2D eigenvalue weighted by atomic mass is 9.90.